The van der Waals surface area contributed by atoms with Crippen molar-refractivity contribution >= 4 is 17.5 Å². The number of piperidine rings is 1. The van der Waals surface area contributed by atoms with Crippen LogP contribution in [0.1, 0.15) is 12.8 Å². The fourth-order valence-corrected chi connectivity index (χ4v) is 2.26. The van der Waals surface area contributed by atoms with Crippen LogP contribution in [0.15, 0.2) is 31.0 Å². The molecular weight excluding hydrogens is 278 g/mol. The van der Waals surface area contributed by atoms with Gasteiger partial charge in [-0.1, -0.05) is 11.6 Å². The van der Waals surface area contributed by atoms with Crippen LogP contribution >= 0.6 is 11.6 Å². The number of anilines is 1. The Kier molecular flexibility index (Phi) is 3.92. The van der Waals surface area contributed by atoms with Crippen molar-refractivity contribution in [1.82, 2.24) is 19.9 Å². The largest absolute Gasteiger partial charge is 0.473 e. The molecule has 0 atom stereocenters. The summed E-state index contributed by atoms with van der Waals surface area (Å²) >= 11 is 5.79. The van der Waals surface area contributed by atoms with Gasteiger partial charge in [0.25, 0.3) is 0 Å². The van der Waals surface area contributed by atoms with Crippen LogP contribution in [0.5, 0.6) is 5.88 Å². The number of halogens is 1. The standard InChI is InChI=1S/C13H14ClN5O/c14-10-7-17-13(18-8-10)19-5-1-11(2-6-19)20-12-9-15-3-4-16-12/h3-4,7-9,11H,1-2,5-6H2. The highest BCUT2D eigenvalue weighted by Gasteiger charge is 2.22. The van der Waals surface area contributed by atoms with Gasteiger partial charge in [0.1, 0.15) is 6.10 Å². The van der Waals surface area contributed by atoms with Crippen LogP contribution in [0.3, 0.4) is 0 Å². The van der Waals surface area contributed by atoms with Crippen LogP contribution in [-0.2, 0) is 0 Å². The molecule has 1 aliphatic rings. The number of aromatic nitrogens is 4. The maximum absolute atomic E-state index is 5.80. The molecule has 1 fully saturated rings. The first kappa shape index (κ1) is 13.1. The van der Waals surface area contributed by atoms with E-state index in [4.69, 9.17) is 16.3 Å². The molecule has 2 aromatic rings. The lowest BCUT2D eigenvalue weighted by molar-refractivity contribution is 0.163. The summed E-state index contributed by atoms with van der Waals surface area (Å²) in [5.41, 5.74) is 0. The van der Waals surface area contributed by atoms with Crippen molar-refractivity contribution in [2.45, 2.75) is 18.9 Å². The third kappa shape index (κ3) is 3.14. The van der Waals surface area contributed by atoms with Crippen LogP contribution in [0.25, 0.3) is 0 Å². The number of nitrogens with zero attached hydrogens (tertiary/aromatic N) is 5. The fourth-order valence-electron chi connectivity index (χ4n) is 2.16. The average molecular weight is 292 g/mol. The molecule has 0 amide bonds. The van der Waals surface area contributed by atoms with Crippen LogP contribution in [0, 0.1) is 0 Å². The fraction of sp³-hybridized carbons (Fsp3) is 0.385. The van der Waals surface area contributed by atoms with Gasteiger partial charge in [-0.15, -0.1) is 0 Å². The van der Waals surface area contributed by atoms with Crippen molar-refractivity contribution in [3.05, 3.63) is 36.0 Å². The van der Waals surface area contributed by atoms with Crippen molar-refractivity contribution in [3.63, 3.8) is 0 Å². The lowest BCUT2D eigenvalue weighted by Gasteiger charge is -2.31. The molecule has 0 spiro atoms. The zero-order valence-electron chi connectivity index (χ0n) is 10.8. The van der Waals surface area contributed by atoms with Crippen molar-refractivity contribution in [2.24, 2.45) is 0 Å². The van der Waals surface area contributed by atoms with Gasteiger partial charge in [0.05, 0.1) is 23.6 Å². The van der Waals surface area contributed by atoms with E-state index in [1.165, 1.54) is 0 Å². The molecule has 104 valence electrons. The Morgan fingerprint density at radius 2 is 1.80 bits per heavy atom. The Balaban J connectivity index is 1.55. The van der Waals surface area contributed by atoms with E-state index in [1.807, 2.05) is 0 Å². The second-order valence-corrected chi connectivity index (χ2v) is 4.99. The van der Waals surface area contributed by atoms with Gasteiger partial charge in [-0.25, -0.2) is 15.0 Å². The maximum atomic E-state index is 5.80. The Morgan fingerprint density at radius 1 is 1.05 bits per heavy atom. The van der Waals surface area contributed by atoms with E-state index in [0.29, 0.717) is 16.9 Å². The van der Waals surface area contributed by atoms with Crippen LogP contribution in [0.2, 0.25) is 5.02 Å². The molecule has 1 aliphatic heterocycles. The smallest absolute Gasteiger partial charge is 0.232 e. The van der Waals surface area contributed by atoms with Crippen molar-refractivity contribution in [3.8, 4) is 5.88 Å². The molecule has 0 aliphatic carbocycles. The Labute approximate surface area is 121 Å². The lowest BCUT2D eigenvalue weighted by atomic mass is 10.1. The first-order valence-corrected chi connectivity index (χ1v) is 6.84. The highest BCUT2D eigenvalue weighted by Crippen LogP contribution is 2.19. The molecule has 3 rings (SSSR count). The Hall–Kier alpha value is -1.95. The van der Waals surface area contributed by atoms with Crippen molar-refractivity contribution < 1.29 is 4.74 Å². The second-order valence-electron chi connectivity index (χ2n) is 4.55. The molecule has 7 heteroatoms. The molecule has 6 nitrogen and oxygen atoms in total. The maximum Gasteiger partial charge on any atom is 0.232 e. The SMILES string of the molecule is Clc1cnc(N2CCC(Oc3cnccn3)CC2)nc1. The van der Waals surface area contributed by atoms with Gasteiger partial charge in [-0.3, -0.25) is 4.98 Å². The summed E-state index contributed by atoms with van der Waals surface area (Å²) in [7, 11) is 0. The van der Waals surface area contributed by atoms with Crippen molar-refractivity contribution in [2.75, 3.05) is 18.0 Å². The Morgan fingerprint density at radius 3 is 2.45 bits per heavy atom. The van der Waals surface area contributed by atoms with Crippen molar-refractivity contribution in [1.29, 1.82) is 0 Å². The minimum atomic E-state index is 0.162. The van der Waals surface area contributed by atoms with Gasteiger partial charge in [0, 0.05) is 38.3 Å². The summed E-state index contributed by atoms with van der Waals surface area (Å²) in [6.07, 6.45) is 10.1. The molecule has 0 N–H and O–H groups in total. The first-order valence-electron chi connectivity index (χ1n) is 6.46. The summed E-state index contributed by atoms with van der Waals surface area (Å²) in [6.45, 7) is 1.71. The summed E-state index contributed by atoms with van der Waals surface area (Å²) in [6, 6.07) is 0. The summed E-state index contributed by atoms with van der Waals surface area (Å²) < 4.78 is 5.80. The van der Waals surface area contributed by atoms with E-state index in [1.54, 1.807) is 31.0 Å². The minimum Gasteiger partial charge on any atom is -0.473 e. The third-order valence-electron chi connectivity index (χ3n) is 3.16. The van der Waals surface area contributed by atoms with Crippen LogP contribution in [0.4, 0.5) is 5.95 Å². The van der Waals surface area contributed by atoms with Gasteiger partial charge in [-0.2, -0.15) is 0 Å². The zero-order chi connectivity index (χ0) is 13.8. The number of hydrogen-bond donors (Lipinski definition) is 0. The molecule has 3 heterocycles. The average Bonchev–Trinajstić information content (AvgIpc) is 2.50. The molecule has 20 heavy (non-hydrogen) atoms. The van der Waals surface area contributed by atoms with E-state index < -0.39 is 0 Å². The number of ether oxygens (including phenoxy) is 1. The van der Waals surface area contributed by atoms with E-state index >= 15 is 0 Å². The van der Waals surface area contributed by atoms with Crippen LogP contribution in [-0.4, -0.2) is 39.1 Å². The zero-order valence-corrected chi connectivity index (χ0v) is 11.6. The predicted molar refractivity (Wildman–Crippen MR) is 74.9 cm³/mol. The molecule has 0 aromatic carbocycles. The molecule has 0 unspecified atom stereocenters. The topological polar surface area (TPSA) is 64.0 Å². The minimum absolute atomic E-state index is 0.162. The summed E-state index contributed by atoms with van der Waals surface area (Å²) in [4.78, 5) is 18.7. The highest BCUT2D eigenvalue weighted by atomic mass is 35.5. The van der Waals surface area contributed by atoms with E-state index in [0.717, 1.165) is 25.9 Å². The van der Waals surface area contributed by atoms with Gasteiger partial charge in [0.15, 0.2) is 0 Å². The van der Waals surface area contributed by atoms with Gasteiger partial charge in [-0.05, 0) is 0 Å². The second kappa shape index (κ2) is 6.00. The monoisotopic (exact) mass is 291 g/mol. The third-order valence-corrected chi connectivity index (χ3v) is 3.35. The summed E-state index contributed by atoms with van der Waals surface area (Å²) in [5, 5.41) is 0.551. The molecular formula is C13H14ClN5O. The normalized spacial score (nSPS) is 16.1. The highest BCUT2D eigenvalue weighted by molar-refractivity contribution is 6.30. The predicted octanol–water partition coefficient (Wildman–Crippen LogP) is 1.97. The Bertz CT molecular complexity index is 542. The number of hydrogen-bond acceptors (Lipinski definition) is 6. The van der Waals surface area contributed by atoms with Gasteiger partial charge in [0.2, 0.25) is 11.8 Å². The number of rotatable bonds is 3. The quantitative estimate of drug-likeness (QED) is 0.861. The molecule has 0 radical (unpaired) electrons. The van der Waals surface area contributed by atoms with Gasteiger partial charge < -0.3 is 9.64 Å². The molecule has 0 saturated carbocycles. The van der Waals surface area contributed by atoms with E-state index in [2.05, 4.69) is 24.8 Å². The van der Waals surface area contributed by atoms with Gasteiger partial charge >= 0.3 is 0 Å². The molecule has 2 aromatic heterocycles. The van der Waals surface area contributed by atoms with E-state index in [-0.39, 0.29) is 6.10 Å². The van der Waals surface area contributed by atoms with Crippen LogP contribution < -0.4 is 9.64 Å². The lowest BCUT2D eigenvalue weighted by Crippen LogP contribution is -2.39. The molecule has 0 bridgehead atoms. The first-order chi connectivity index (χ1) is 9.81. The molecule has 1 saturated heterocycles. The van der Waals surface area contributed by atoms with E-state index in [9.17, 15) is 0 Å². The summed E-state index contributed by atoms with van der Waals surface area (Å²) in [5.74, 6) is 1.29.